The largest absolute Gasteiger partial charge is 0.496 e. The van der Waals surface area contributed by atoms with E-state index in [1.165, 1.54) is 32.4 Å². The number of rotatable bonds is 8. The van der Waals surface area contributed by atoms with E-state index in [0.717, 1.165) is 0 Å². The van der Waals surface area contributed by atoms with Crippen molar-refractivity contribution in [3.63, 3.8) is 0 Å². The van der Waals surface area contributed by atoms with E-state index < -0.39 is 16.0 Å². The molecule has 2 aromatic carbocycles. The van der Waals surface area contributed by atoms with Crippen molar-refractivity contribution in [3.8, 4) is 11.5 Å². The van der Waals surface area contributed by atoms with E-state index in [1.807, 2.05) is 6.92 Å². The lowest BCUT2D eigenvalue weighted by molar-refractivity contribution is 0.0597. The van der Waals surface area contributed by atoms with Crippen LogP contribution >= 0.6 is 0 Å². The van der Waals surface area contributed by atoms with E-state index in [-0.39, 0.29) is 17.0 Å². The van der Waals surface area contributed by atoms with E-state index in [2.05, 4.69) is 4.72 Å². The molecule has 2 rings (SSSR count). The zero-order chi connectivity index (χ0) is 19.2. The van der Waals surface area contributed by atoms with Gasteiger partial charge in [0.25, 0.3) is 0 Å². The molecule has 1 N–H and O–H groups in total. The molecule has 0 aromatic heterocycles. The molecule has 0 atom stereocenters. The fourth-order valence-electron chi connectivity index (χ4n) is 2.28. The minimum absolute atomic E-state index is 0.0174. The molecule has 7 nitrogen and oxygen atoms in total. The van der Waals surface area contributed by atoms with Gasteiger partial charge in [0.05, 0.1) is 25.7 Å². The van der Waals surface area contributed by atoms with Gasteiger partial charge < -0.3 is 14.2 Å². The first-order chi connectivity index (χ1) is 12.4. The lowest BCUT2D eigenvalue weighted by Gasteiger charge is -2.11. The van der Waals surface area contributed by atoms with Gasteiger partial charge in [0.1, 0.15) is 17.1 Å². The van der Waals surface area contributed by atoms with E-state index in [1.54, 1.807) is 24.3 Å². The van der Waals surface area contributed by atoms with Crippen molar-refractivity contribution >= 4 is 16.0 Å². The van der Waals surface area contributed by atoms with Crippen molar-refractivity contribution in [2.45, 2.75) is 18.4 Å². The van der Waals surface area contributed by atoms with Crippen LogP contribution in [0.25, 0.3) is 0 Å². The van der Waals surface area contributed by atoms with E-state index >= 15 is 0 Å². The van der Waals surface area contributed by atoms with Crippen molar-refractivity contribution in [1.29, 1.82) is 0 Å². The smallest absolute Gasteiger partial charge is 0.341 e. The maximum Gasteiger partial charge on any atom is 0.341 e. The molecule has 0 aliphatic rings. The van der Waals surface area contributed by atoms with Crippen molar-refractivity contribution in [1.82, 2.24) is 4.72 Å². The second-order valence-corrected chi connectivity index (χ2v) is 7.02. The Kier molecular flexibility index (Phi) is 6.59. The number of hydrogen-bond donors (Lipinski definition) is 1. The molecule has 26 heavy (non-hydrogen) atoms. The summed E-state index contributed by atoms with van der Waals surface area (Å²) in [5, 5.41) is 0. The molecule has 0 aliphatic heterocycles. The topological polar surface area (TPSA) is 90.9 Å². The summed E-state index contributed by atoms with van der Waals surface area (Å²) in [6.45, 7) is 2.37. The summed E-state index contributed by atoms with van der Waals surface area (Å²) in [5.74, 6) is 0.400. The summed E-state index contributed by atoms with van der Waals surface area (Å²) < 4.78 is 42.4. The van der Waals surface area contributed by atoms with Gasteiger partial charge in [0, 0.05) is 6.54 Å². The number of carbonyl (C=O) groups excluding carboxylic acids is 1. The highest BCUT2D eigenvalue weighted by Gasteiger charge is 2.16. The van der Waals surface area contributed by atoms with Gasteiger partial charge in [-0.2, -0.15) is 0 Å². The predicted octanol–water partition coefficient (Wildman–Crippen LogP) is 2.36. The van der Waals surface area contributed by atoms with Crippen LogP contribution in [-0.4, -0.2) is 35.2 Å². The molecular formula is C18H21NO6S. The van der Waals surface area contributed by atoms with Crippen molar-refractivity contribution in [3.05, 3.63) is 53.6 Å². The molecule has 0 saturated carbocycles. The van der Waals surface area contributed by atoms with Gasteiger partial charge in [0.15, 0.2) is 0 Å². The fourth-order valence-corrected chi connectivity index (χ4v) is 3.30. The Morgan fingerprint density at radius 3 is 2.35 bits per heavy atom. The van der Waals surface area contributed by atoms with Gasteiger partial charge in [-0.1, -0.05) is 6.07 Å². The zero-order valence-corrected chi connectivity index (χ0v) is 15.6. The normalized spacial score (nSPS) is 11.0. The van der Waals surface area contributed by atoms with Gasteiger partial charge in [-0.05, 0) is 48.9 Å². The number of ether oxygens (including phenoxy) is 3. The summed E-state index contributed by atoms with van der Waals surface area (Å²) in [7, 11) is -0.990. The molecule has 8 heteroatoms. The molecule has 0 bridgehead atoms. The van der Waals surface area contributed by atoms with Crippen LogP contribution in [0.5, 0.6) is 11.5 Å². The maximum absolute atomic E-state index is 12.4. The lowest BCUT2D eigenvalue weighted by atomic mass is 10.1. The molecule has 140 valence electrons. The van der Waals surface area contributed by atoms with Crippen LogP contribution in [0, 0.1) is 0 Å². The van der Waals surface area contributed by atoms with Crippen LogP contribution in [0.15, 0.2) is 47.4 Å². The third-order valence-electron chi connectivity index (χ3n) is 3.58. The Hall–Kier alpha value is -2.58. The van der Waals surface area contributed by atoms with Crippen molar-refractivity contribution < 1.29 is 27.4 Å². The summed E-state index contributed by atoms with van der Waals surface area (Å²) in [4.78, 5) is 11.9. The maximum atomic E-state index is 12.4. The molecule has 0 radical (unpaired) electrons. The molecule has 0 unspecified atom stereocenters. The molecular weight excluding hydrogens is 358 g/mol. The molecule has 0 heterocycles. The number of benzene rings is 2. The van der Waals surface area contributed by atoms with E-state index in [0.29, 0.717) is 23.7 Å². The Balaban J connectivity index is 2.15. The standard InChI is InChI=1S/C18H21NO6S/c1-4-25-14-6-8-15(9-7-14)26(21,22)19-12-13-5-10-17(23-2)16(11-13)18(20)24-3/h5-11,19H,4,12H2,1-3H3. The second-order valence-electron chi connectivity index (χ2n) is 5.26. The fraction of sp³-hybridized carbons (Fsp3) is 0.278. The van der Waals surface area contributed by atoms with Crippen LogP contribution in [0.3, 0.4) is 0 Å². The lowest BCUT2D eigenvalue weighted by Crippen LogP contribution is -2.23. The predicted molar refractivity (Wildman–Crippen MR) is 96.0 cm³/mol. The Morgan fingerprint density at radius 1 is 1.08 bits per heavy atom. The number of esters is 1. The average Bonchev–Trinajstić information content (AvgIpc) is 2.66. The van der Waals surface area contributed by atoms with Crippen molar-refractivity contribution in [2.24, 2.45) is 0 Å². The molecule has 0 aliphatic carbocycles. The summed E-state index contributed by atoms with van der Waals surface area (Å²) >= 11 is 0. The van der Waals surface area contributed by atoms with Crippen LogP contribution < -0.4 is 14.2 Å². The number of hydrogen-bond acceptors (Lipinski definition) is 6. The number of carbonyl (C=O) groups is 1. The minimum Gasteiger partial charge on any atom is -0.496 e. The number of sulfonamides is 1. The van der Waals surface area contributed by atoms with Gasteiger partial charge in [0.2, 0.25) is 10.0 Å². The highest BCUT2D eigenvalue weighted by atomic mass is 32.2. The van der Waals surface area contributed by atoms with Gasteiger partial charge in [-0.25, -0.2) is 17.9 Å². The number of nitrogens with one attached hydrogen (secondary N) is 1. The SMILES string of the molecule is CCOc1ccc(S(=O)(=O)NCc2ccc(OC)c(C(=O)OC)c2)cc1. The monoisotopic (exact) mass is 379 g/mol. The molecule has 0 amide bonds. The Bertz CT molecular complexity index is 862. The first kappa shape index (κ1) is 19.7. The first-order valence-corrected chi connectivity index (χ1v) is 9.37. The van der Waals surface area contributed by atoms with Gasteiger partial charge >= 0.3 is 5.97 Å². The zero-order valence-electron chi connectivity index (χ0n) is 14.8. The van der Waals surface area contributed by atoms with Crippen LogP contribution in [-0.2, 0) is 21.3 Å². The molecule has 0 fully saturated rings. The first-order valence-electron chi connectivity index (χ1n) is 7.89. The van der Waals surface area contributed by atoms with Crippen LogP contribution in [0.4, 0.5) is 0 Å². The Labute approximate surface area is 152 Å². The quantitative estimate of drug-likeness (QED) is 0.708. The minimum atomic E-state index is -3.70. The summed E-state index contributed by atoms with van der Waals surface area (Å²) in [5.41, 5.74) is 0.827. The van der Waals surface area contributed by atoms with E-state index in [9.17, 15) is 13.2 Å². The molecule has 0 spiro atoms. The highest BCUT2D eigenvalue weighted by Crippen LogP contribution is 2.21. The third-order valence-corrected chi connectivity index (χ3v) is 5.00. The average molecular weight is 379 g/mol. The van der Waals surface area contributed by atoms with Crippen molar-refractivity contribution in [2.75, 3.05) is 20.8 Å². The van der Waals surface area contributed by atoms with E-state index in [4.69, 9.17) is 14.2 Å². The molecule has 0 saturated heterocycles. The number of methoxy groups -OCH3 is 2. The van der Waals surface area contributed by atoms with Crippen LogP contribution in [0.2, 0.25) is 0 Å². The highest BCUT2D eigenvalue weighted by molar-refractivity contribution is 7.89. The van der Waals surface area contributed by atoms with Crippen LogP contribution in [0.1, 0.15) is 22.8 Å². The Morgan fingerprint density at radius 2 is 1.77 bits per heavy atom. The molecule has 2 aromatic rings. The summed E-state index contributed by atoms with van der Waals surface area (Å²) in [6, 6.07) is 10.9. The second kappa shape index (κ2) is 8.68. The third kappa shape index (κ3) is 4.74. The van der Waals surface area contributed by atoms with Gasteiger partial charge in [-0.15, -0.1) is 0 Å². The summed E-state index contributed by atoms with van der Waals surface area (Å²) in [6.07, 6.45) is 0. The van der Waals surface area contributed by atoms with Gasteiger partial charge in [-0.3, -0.25) is 0 Å².